The van der Waals surface area contributed by atoms with Gasteiger partial charge in [0.05, 0.1) is 31.4 Å². The number of aliphatic hydroxyl groups excluding tert-OH is 1. The molecule has 8 heteroatoms. The van der Waals surface area contributed by atoms with Crippen LogP contribution in [-0.4, -0.2) is 88.1 Å². The maximum absolute atomic E-state index is 13.6. The van der Waals surface area contributed by atoms with Gasteiger partial charge in [-0.25, -0.2) is 4.79 Å². The monoisotopic (exact) mass is 413 g/mol. The number of carbonyl (C=O) groups excluding carboxylic acids is 3. The molecular formula is C22H27N3O5. The van der Waals surface area contributed by atoms with Crippen molar-refractivity contribution < 1.29 is 24.2 Å². The van der Waals surface area contributed by atoms with Gasteiger partial charge in [0.15, 0.2) is 0 Å². The second kappa shape index (κ2) is 7.14. The summed E-state index contributed by atoms with van der Waals surface area (Å²) >= 11 is 0. The van der Waals surface area contributed by atoms with Crippen molar-refractivity contribution in [1.82, 2.24) is 14.7 Å². The molecular weight excluding hydrogens is 386 g/mol. The third-order valence-corrected chi connectivity index (χ3v) is 7.26. The van der Waals surface area contributed by atoms with Gasteiger partial charge in [-0.15, -0.1) is 0 Å². The largest absolute Gasteiger partial charge is 0.465 e. The fraction of sp³-hybridized carbons (Fsp3) is 0.591. The number of hydrogen-bond donors (Lipinski definition) is 1. The highest BCUT2D eigenvalue weighted by Gasteiger charge is 2.65. The number of imide groups is 1. The second-order valence-corrected chi connectivity index (χ2v) is 9.00. The van der Waals surface area contributed by atoms with Gasteiger partial charge in [0.1, 0.15) is 5.54 Å². The quantitative estimate of drug-likeness (QED) is 0.564. The van der Waals surface area contributed by atoms with Crippen LogP contribution in [0.1, 0.15) is 41.6 Å². The first kappa shape index (κ1) is 19.7. The lowest BCUT2D eigenvalue weighted by Crippen LogP contribution is -2.82. The number of methoxy groups -OCH3 is 1. The maximum Gasteiger partial charge on any atom is 0.337 e. The van der Waals surface area contributed by atoms with Crippen LogP contribution in [0.3, 0.4) is 0 Å². The van der Waals surface area contributed by atoms with Crippen molar-refractivity contribution in [2.75, 3.05) is 26.7 Å². The number of esters is 1. The molecule has 1 saturated carbocycles. The lowest BCUT2D eigenvalue weighted by molar-refractivity contribution is -0.184. The van der Waals surface area contributed by atoms with Crippen LogP contribution in [0.2, 0.25) is 0 Å². The van der Waals surface area contributed by atoms with E-state index in [1.54, 1.807) is 24.3 Å². The van der Waals surface area contributed by atoms with Crippen LogP contribution in [0.15, 0.2) is 24.3 Å². The first-order chi connectivity index (χ1) is 14.4. The van der Waals surface area contributed by atoms with E-state index in [9.17, 15) is 19.5 Å². The molecule has 4 aliphatic rings. The Labute approximate surface area is 175 Å². The third kappa shape index (κ3) is 2.89. The van der Waals surface area contributed by atoms with Gasteiger partial charge in [0, 0.05) is 25.7 Å². The van der Waals surface area contributed by atoms with E-state index in [1.807, 2.05) is 4.90 Å². The summed E-state index contributed by atoms with van der Waals surface area (Å²) < 4.78 is 4.72. The van der Waals surface area contributed by atoms with Gasteiger partial charge < -0.3 is 9.84 Å². The highest BCUT2D eigenvalue weighted by atomic mass is 16.5. The highest BCUT2D eigenvalue weighted by Crippen LogP contribution is 2.43. The molecule has 1 aliphatic carbocycles. The van der Waals surface area contributed by atoms with E-state index < -0.39 is 23.7 Å². The number of ether oxygens (including phenoxy) is 1. The molecule has 1 N–H and O–H groups in total. The van der Waals surface area contributed by atoms with E-state index in [4.69, 9.17) is 4.74 Å². The van der Waals surface area contributed by atoms with Gasteiger partial charge in [-0.1, -0.05) is 18.6 Å². The smallest absolute Gasteiger partial charge is 0.337 e. The summed E-state index contributed by atoms with van der Waals surface area (Å²) in [6.45, 7) is 1.81. The van der Waals surface area contributed by atoms with Crippen molar-refractivity contribution in [1.29, 1.82) is 0 Å². The minimum Gasteiger partial charge on any atom is -0.465 e. The lowest BCUT2D eigenvalue weighted by atomic mass is 9.78. The van der Waals surface area contributed by atoms with Crippen molar-refractivity contribution in [2.45, 2.75) is 56.0 Å². The van der Waals surface area contributed by atoms with Crippen molar-refractivity contribution in [2.24, 2.45) is 0 Å². The highest BCUT2D eigenvalue weighted by molar-refractivity contribution is 6.06. The summed E-state index contributed by atoms with van der Waals surface area (Å²) in [6.07, 6.45) is 3.37. The summed E-state index contributed by atoms with van der Waals surface area (Å²) in [6, 6.07) is 6.88. The van der Waals surface area contributed by atoms with E-state index in [0.29, 0.717) is 37.7 Å². The SMILES string of the molecule is COC(=O)c1ccc(CN2C(=O)[C@@H]3C[C@@H](O)CN3C3(CN(C4CCC4)C3)C2=O)cc1. The van der Waals surface area contributed by atoms with Crippen LogP contribution in [0.25, 0.3) is 0 Å². The number of piperazine rings is 1. The number of likely N-dealkylation sites (tertiary alicyclic amines) is 1. The van der Waals surface area contributed by atoms with E-state index >= 15 is 0 Å². The summed E-state index contributed by atoms with van der Waals surface area (Å²) in [5.41, 5.74) is 0.494. The zero-order valence-corrected chi connectivity index (χ0v) is 17.1. The molecule has 3 aliphatic heterocycles. The number of β-amino-alcohol motifs (C(OH)–C–C–N with tert-alkyl or cyclic N) is 1. The number of carbonyl (C=O) groups is 3. The molecule has 0 aromatic heterocycles. The molecule has 4 fully saturated rings. The summed E-state index contributed by atoms with van der Waals surface area (Å²) in [4.78, 5) is 44.1. The molecule has 3 saturated heterocycles. The average molecular weight is 413 g/mol. The fourth-order valence-electron chi connectivity index (χ4n) is 5.32. The van der Waals surface area contributed by atoms with Gasteiger partial charge in [0.2, 0.25) is 5.91 Å². The molecule has 0 unspecified atom stereocenters. The molecule has 30 heavy (non-hydrogen) atoms. The second-order valence-electron chi connectivity index (χ2n) is 9.00. The normalized spacial score (nSPS) is 28.9. The number of hydrogen-bond acceptors (Lipinski definition) is 7. The summed E-state index contributed by atoms with van der Waals surface area (Å²) in [5, 5.41) is 10.2. The fourth-order valence-corrected chi connectivity index (χ4v) is 5.32. The Morgan fingerprint density at radius 3 is 2.50 bits per heavy atom. The minimum absolute atomic E-state index is 0.162. The topological polar surface area (TPSA) is 90.4 Å². The number of fused-ring (bicyclic) bond motifs is 2. The Morgan fingerprint density at radius 2 is 1.90 bits per heavy atom. The predicted octanol–water partition coefficient (Wildman–Crippen LogP) is 0.384. The van der Waals surface area contributed by atoms with Crippen LogP contribution < -0.4 is 0 Å². The van der Waals surface area contributed by atoms with Gasteiger partial charge in [-0.2, -0.15) is 0 Å². The number of amides is 2. The van der Waals surface area contributed by atoms with Gasteiger partial charge in [0.25, 0.3) is 5.91 Å². The molecule has 1 aromatic rings. The molecule has 160 valence electrons. The first-order valence-corrected chi connectivity index (χ1v) is 10.6. The van der Waals surface area contributed by atoms with Crippen LogP contribution >= 0.6 is 0 Å². The maximum atomic E-state index is 13.6. The van der Waals surface area contributed by atoms with Crippen LogP contribution in [0, 0.1) is 0 Å². The zero-order valence-electron chi connectivity index (χ0n) is 17.1. The Hall–Kier alpha value is -2.29. The average Bonchev–Trinajstić information content (AvgIpc) is 3.07. The van der Waals surface area contributed by atoms with E-state index in [0.717, 1.165) is 5.56 Å². The number of rotatable bonds is 4. The van der Waals surface area contributed by atoms with Gasteiger partial charge in [-0.3, -0.25) is 24.3 Å². The molecule has 8 nitrogen and oxygen atoms in total. The Kier molecular flexibility index (Phi) is 4.68. The van der Waals surface area contributed by atoms with Crippen molar-refractivity contribution in [3.05, 3.63) is 35.4 Å². The molecule has 1 aromatic carbocycles. The molecule has 3 heterocycles. The third-order valence-electron chi connectivity index (χ3n) is 7.26. The molecule has 2 atom stereocenters. The lowest BCUT2D eigenvalue weighted by Gasteiger charge is -2.61. The van der Waals surface area contributed by atoms with Crippen LogP contribution in [0.4, 0.5) is 0 Å². The molecule has 1 spiro atoms. The summed E-state index contributed by atoms with van der Waals surface area (Å²) in [7, 11) is 1.33. The zero-order chi connectivity index (χ0) is 21.0. The first-order valence-electron chi connectivity index (χ1n) is 10.6. The Morgan fingerprint density at radius 1 is 1.20 bits per heavy atom. The Balaban J connectivity index is 1.39. The number of aliphatic hydroxyl groups is 1. The molecule has 0 bridgehead atoms. The molecule has 5 rings (SSSR count). The predicted molar refractivity (Wildman–Crippen MR) is 106 cm³/mol. The summed E-state index contributed by atoms with van der Waals surface area (Å²) in [5.74, 6) is -0.821. The van der Waals surface area contributed by atoms with E-state index in [2.05, 4.69) is 4.90 Å². The van der Waals surface area contributed by atoms with Gasteiger partial charge >= 0.3 is 5.97 Å². The molecule has 0 radical (unpaired) electrons. The Bertz CT molecular complexity index is 875. The standard InChI is InChI=1S/C22H27N3O5/c1-30-20(28)15-7-5-14(6-8-15)10-24-19(27)18-9-17(26)11-25(18)22(21(24)29)12-23(13-22)16-3-2-4-16/h5-8,16-18,26H,2-4,9-13H2,1H3/t17-,18+/m1/s1. The van der Waals surface area contributed by atoms with Crippen molar-refractivity contribution >= 4 is 17.8 Å². The van der Waals surface area contributed by atoms with E-state index in [1.165, 1.54) is 31.3 Å². The van der Waals surface area contributed by atoms with Crippen molar-refractivity contribution in [3.63, 3.8) is 0 Å². The van der Waals surface area contributed by atoms with Crippen molar-refractivity contribution in [3.8, 4) is 0 Å². The van der Waals surface area contributed by atoms with Gasteiger partial charge in [-0.05, 0) is 37.0 Å². The minimum atomic E-state index is -0.711. The van der Waals surface area contributed by atoms with Crippen LogP contribution in [0.5, 0.6) is 0 Å². The number of nitrogens with zero attached hydrogens (tertiary/aromatic N) is 3. The number of benzene rings is 1. The van der Waals surface area contributed by atoms with E-state index in [-0.39, 0.29) is 18.4 Å². The molecule has 2 amide bonds. The van der Waals surface area contributed by atoms with Crippen LogP contribution in [-0.2, 0) is 20.9 Å².